The van der Waals surface area contributed by atoms with Crippen molar-refractivity contribution in [1.29, 1.82) is 0 Å². The Morgan fingerprint density at radius 2 is 1.79 bits per heavy atom. The molecule has 4 rings (SSSR count). The zero-order valence-corrected chi connectivity index (χ0v) is 21.7. The van der Waals surface area contributed by atoms with Crippen LogP contribution in [0.5, 0.6) is 5.75 Å². The summed E-state index contributed by atoms with van der Waals surface area (Å²) in [5.74, 6) is -1.48. The summed E-state index contributed by atoms with van der Waals surface area (Å²) in [6, 6.07) is 5.28. The first-order chi connectivity index (χ1) is 18.0. The molecule has 12 heteroatoms. The van der Waals surface area contributed by atoms with Crippen LogP contribution in [0.3, 0.4) is 0 Å². The number of carbonyl (C=O) groups is 1. The Morgan fingerprint density at radius 3 is 2.42 bits per heavy atom. The highest BCUT2D eigenvalue weighted by atomic mass is 35.5. The van der Waals surface area contributed by atoms with E-state index in [0.29, 0.717) is 36.7 Å². The van der Waals surface area contributed by atoms with E-state index in [1.165, 1.54) is 6.07 Å². The average Bonchev–Trinajstić information content (AvgIpc) is 3.25. The molecule has 0 radical (unpaired) electrons. The SMILES string of the molecule is O=C(CCCC1CCC(C(F)(F)F)CC1)c1cc2[nH]c(Nc3c(Cl)cc(F)cc3Cl)nc2cc1OCCF. The first-order valence-corrected chi connectivity index (χ1v) is 13.0. The number of ether oxygens (including phenoxy) is 1. The number of ketones is 1. The van der Waals surface area contributed by atoms with Crippen LogP contribution in [-0.2, 0) is 0 Å². The third-order valence-corrected chi connectivity index (χ3v) is 7.39. The molecule has 2 N–H and O–H groups in total. The molecule has 1 aliphatic rings. The summed E-state index contributed by atoms with van der Waals surface area (Å²) < 4.78 is 70.5. The fourth-order valence-corrected chi connectivity index (χ4v) is 5.38. The summed E-state index contributed by atoms with van der Waals surface area (Å²) in [5, 5.41) is 2.99. The lowest BCUT2D eigenvalue weighted by Gasteiger charge is -2.29. The van der Waals surface area contributed by atoms with Gasteiger partial charge >= 0.3 is 6.18 Å². The van der Waals surface area contributed by atoms with Gasteiger partial charge in [-0.15, -0.1) is 0 Å². The lowest BCUT2D eigenvalue weighted by atomic mass is 9.79. The normalized spacial score (nSPS) is 18.1. The molecule has 0 spiro atoms. The summed E-state index contributed by atoms with van der Waals surface area (Å²) >= 11 is 12.2. The molecule has 0 amide bonds. The molecule has 206 valence electrons. The van der Waals surface area contributed by atoms with E-state index in [4.69, 9.17) is 27.9 Å². The number of aromatic amines is 1. The van der Waals surface area contributed by atoms with Crippen LogP contribution in [0.15, 0.2) is 24.3 Å². The second-order valence-corrected chi connectivity index (χ2v) is 10.2. The monoisotopic (exact) mass is 577 g/mol. The second kappa shape index (κ2) is 12.1. The topological polar surface area (TPSA) is 67.0 Å². The van der Waals surface area contributed by atoms with Crippen LogP contribution in [0.2, 0.25) is 10.0 Å². The van der Waals surface area contributed by atoms with Crippen molar-refractivity contribution in [3.63, 3.8) is 0 Å². The zero-order valence-electron chi connectivity index (χ0n) is 20.2. The Hall–Kier alpha value is -2.59. The van der Waals surface area contributed by atoms with Gasteiger partial charge in [-0.2, -0.15) is 13.2 Å². The number of hydrogen-bond acceptors (Lipinski definition) is 4. The van der Waals surface area contributed by atoms with Crippen LogP contribution >= 0.6 is 23.2 Å². The van der Waals surface area contributed by atoms with E-state index in [1.807, 2.05) is 0 Å². The number of benzene rings is 2. The van der Waals surface area contributed by atoms with Gasteiger partial charge in [-0.1, -0.05) is 29.6 Å². The third-order valence-electron chi connectivity index (χ3n) is 6.79. The highest BCUT2D eigenvalue weighted by Crippen LogP contribution is 2.41. The van der Waals surface area contributed by atoms with E-state index >= 15 is 0 Å². The predicted molar refractivity (Wildman–Crippen MR) is 137 cm³/mol. The number of alkyl halides is 4. The van der Waals surface area contributed by atoms with Gasteiger partial charge in [0.2, 0.25) is 5.95 Å². The molecule has 0 saturated heterocycles. The molecule has 1 saturated carbocycles. The number of rotatable bonds is 10. The Morgan fingerprint density at radius 1 is 1.11 bits per heavy atom. The fourth-order valence-electron chi connectivity index (χ4n) is 4.83. The van der Waals surface area contributed by atoms with Crippen LogP contribution in [0.4, 0.5) is 33.6 Å². The molecule has 0 bridgehead atoms. The van der Waals surface area contributed by atoms with Gasteiger partial charge in [0.25, 0.3) is 0 Å². The van der Waals surface area contributed by atoms with Gasteiger partial charge in [-0.05, 0) is 56.2 Å². The second-order valence-electron chi connectivity index (χ2n) is 9.43. The highest BCUT2D eigenvalue weighted by molar-refractivity contribution is 6.39. The standard InChI is InChI=1S/C26H26Cl2F5N3O2/c27-18-10-16(30)11-19(28)24(18)36-25-34-20-12-17(23(38-9-8-29)13-21(20)35-25)22(37)3-1-2-14-4-6-15(7-5-14)26(31,32)33/h10-15H,1-9H2,(H2,34,35,36). The smallest absolute Gasteiger partial charge is 0.391 e. The van der Waals surface area contributed by atoms with Crippen molar-refractivity contribution in [3.05, 3.63) is 45.7 Å². The lowest BCUT2D eigenvalue weighted by Crippen LogP contribution is -2.27. The minimum absolute atomic E-state index is 0.0465. The van der Waals surface area contributed by atoms with E-state index < -0.39 is 24.6 Å². The van der Waals surface area contributed by atoms with Gasteiger partial charge in [0.1, 0.15) is 24.8 Å². The van der Waals surface area contributed by atoms with Gasteiger partial charge in [0, 0.05) is 12.5 Å². The maximum atomic E-state index is 13.5. The molecule has 2 aromatic carbocycles. The largest absolute Gasteiger partial charge is 0.490 e. The zero-order chi connectivity index (χ0) is 27.4. The minimum Gasteiger partial charge on any atom is -0.490 e. The van der Waals surface area contributed by atoms with E-state index in [1.54, 1.807) is 6.07 Å². The van der Waals surface area contributed by atoms with E-state index in [2.05, 4.69) is 15.3 Å². The van der Waals surface area contributed by atoms with Crippen LogP contribution in [0.1, 0.15) is 55.3 Å². The molecule has 0 unspecified atom stereocenters. The average molecular weight is 578 g/mol. The molecule has 1 aromatic heterocycles. The Kier molecular flexibility index (Phi) is 9.03. The maximum Gasteiger partial charge on any atom is 0.391 e. The molecule has 1 fully saturated rings. The summed E-state index contributed by atoms with van der Waals surface area (Å²) in [4.78, 5) is 20.5. The number of aromatic nitrogens is 2. The van der Waals surface area contributed by atoms with Crippen molar-refractivity contribution >= 4 is 51.7 Å². The summed E-state index contributed by atoms with van der Waals surface area (Å²) in [6.45, 7) is -0.994. The molecule has 1 aliphatic carbocycles. The van der Waals surface area contributed by atoms with E-state index in [0.717, 1.165) is 12.1 Å². The number of nitrogens with one attached hydrogen (secondary N) is 2. The number of anilines is 2. The molecule has 3 aromatic rings. The van der Waals surface area contributed by atoms with Crippen molar-refractivity contribution in [2.24, 2.45) is 11.8 Å². The molecule has 5 nitrogen and oxygen atoms in total. The van der Waals surface area contributed by atoms with Gasteiger partial charge in [-0.3, -0.25) is 4.79 Å². The lowest BCUT2D eigenvalue weighted by molar-refractivity contribution is -0.184. The first-order valence-electron chi connectivity index (χ1n) is 12.3. The summed E-state index contributed by atoms with van der Waals surface area (Å²) in [7, 11) is 0. The molecule has 38 heavy (non-hydrogen) atoms. The number of imidazole rings is 1. The Bertz CT molecular complexity index is 1270. The van der Waals surface area contributed by atoms with Gasteiger partial charge in [0.05, 0.1) is 38.2 Å². The highest BCUT2D eigenvalue weighted by Gasteiger charge is 2.41. The van der Waals surface area contributed by atoms with Crippen molar-refractivity contribution in [3.8, 4) is 5.75 Å². The van der Waals surface area contributed by atoms with Crippen LogP contribution in [-0.4, -0.2) is 35.2 Å². The van der Waals surface area contributed by atoms with Crippen molar-refractivity contribution in [1.82, 2.24) is 9.97 Å². The number of H-pyrrole nitrogens is 1. The fraction of sp³-hybridized carbons (Fsp3) is 0.462. The number of nitrogens with zero attached hydrogens (tertiary/aromatic N) is 1. The minimum atomic E-state index is -4.14. The molecular weight excluding hydrogens is 552 g/mol. The van der Waals surface area contributed by atoms with Crippen molar-refractivity contribution in [2.75, 3.05) is 18.6 Å². The quantitative estimate of drug-likeness (QED) is 0.186. The Balaban J connectivity index is 1.45. The van der Waals surface area contributed by atoms with E-state index in [-0.39, 0.29) is 70.6 Å². The van der Waals surface area contributed by atoms with Gasteiger partial charge in [0.15, 0.2) is 5.78 Å². The number of fused-ring (bicyclic) bond motifs is 1. The summed E-state index contributed by atoms with van der Waals surface area (Å²) in [6.07, 6.45) is -1.52. The number of Topliss-reactive ketones (excluding diaryl/α,β-unsaturated/α-hetero) is 1. The summed E-state index contributed by atoms with van der Waals surface area (Å²) in [5.41, 5.74) is 1.40. The van der Waals surface area contributed by atoms with E-state index in [9.17, 15) is 26.7 Å². The van der Waals surface area contributed by atoms with Crippen molar-refractivity contribution in [2.45, 2.75) is 51.1 Å². The van der Waals surface area contributed by atoms with Crippen LogP contribution in [0, 0.1) is 17.7 Å². The maximum absolute atomic E-state index is 13.5. The Labute approximate surface area is 226 Å². The number of halogens is 7. The molecule has 0 aliphatic heterocycles. The third kappa shape index (κ3) is 6.88. The van der Waals surface area contributed by atoms with Gasteiger partial charge in [-0.25, -0.2) is 13.8 Å². The van der Waals surface area contributed by atoms with Gasteiger partial charge < -0.3 is 15.0 Å². The van der Waals surface area contributed by atoms with Crippen LogP contribution < -0.4 is 10.1 Å². The number of carbonyl (C=O) groups excluding carboxylic acids is 1. The first kappa shape index (κ1) is 28.4. The number of hydrogen-bond donors (Lipinski definition) is 2. The predicted octanol–water partition coefficient (Wildman–Crippen LogP) is 8.82. The van der Waals surface area contributed by atoms with Crippen LogP contribution in [0.25, 0.3) is 11.0 Å². The molecule has 0 atom stereocenters. The van der Waals surface area contributed by atoms with Crippen molar-refractivity contribution < 1.29 is 31.5 Å². The molecular formula is C26H26Cl2F5N3O2. The molecule has 1 heterocycles.